The molecule has 84 valence electrons. The first-order chi connectivity index (χ1) is 7.65. The number of H-pyrrole nitrogens is 1. The van der Waals surface area contributed by atoms with Crippen LogP contribution in [0, 0.1) is 2.88 Å². The molecule has 4 nitrogen and oxygen atoms in total. The number of carbonyl (C=O) groups excluding carboxylic acids is 1. The van der Waals surface area contributed by atoms with E-state index in [2.05, 4.69) is 32.9 Å². The van der Waals surface area contributed by atoms with Gasteiger partial charge in [-0.1, -0.05) is 11.3 Å². The molecule has 0 saturated carbocycles. The van der Waals surface area contributed by atoms with Crippen molar-refractivity contribution in [3.8, 4) is 0 Å². The maximum absolute atomic E-state index is 11.6. The molecule has 0 fully saturated rings. The van der Waals surface area contributed by atoms with E-state index in [9.17, 15) is 9.59 Å². The van der Waals surface area contributed by atoms with Crippen molar-refractivity contribution in [1.82, 2.24) is 10.3 Å². The Morgan fingerprint density at radius 2 is 2.25 bits per heavy atom. The zero-order valence-corrected chi connectivity index (χ0v) is 11.7. The van der Waals surface area contributed by atoms with Crippen LogP contribution in [0.3, 0.4) is 0 Å². The molecule has 0 aliphatic heterocycles. The number of hydrogen-bond donors (Lipinski definition) is 2. The summed E-state index contributed by atoms with van der Waals surface area (Å²) in [7, 11) is 0. The summed E-state index contributed by atoms with van der Waals surface area (Å²) >= 11 is 4.79. The van der Waals surface area contributed by atoms with E-state index < -0.39 is 0 Å². The summed E-state index contributed by atoms with van der Waals surface area (Å²) in [4.78, 5) is 25.0. The second kappa shape index (κ2) is 5.11. The van der Waals surface area contributed by atoms with E-state index in [1.165, 1.54) is 11.3 Å². The van der Waals surface area contributed by atoms with E-state index in [-0.39, 0.29) is 10.8 Å². The fourth-order valence-electron chi connectivity index (χ4n) is 1.11. The van der Waals surface area contributed by atoms with Crippen LogP contribution in [0.15, 0.2) is 21.6 Å². The summed E-state index contributed by atoms with van der Waals surface area (Å²) < 4.78 is 1.08. The Labute approximate surface area is 113 Å². The fourth-order valence-corrected chi connectivity index (χ4v) is 3.02. The van der Waals surface area contributed by atoms with Crippen molar-refractivity contribution in [2.75, 3.05) is 0 Å². The predicted octanol–water partition coefficient (Wildman–Crippen LogP) is 2.03. The standard InChI is InChI=1S/C9H7IN2O2S2/c10-7-1-5(3-15-7)8(13)11-2-6-4-16-9(14)12-6/h1,3-4H,2H2,(H,11,13)(H,12,14). The predicted molar refractivity (Wildman–Crippen MR) is 73.1 cm³/mol. The molecule has 2 N–H and O–H groups in total. The number of hydrogen-bond acceptors (Lipinski definition) is 4. The largest absolute Gasteiger partial charge is 0.346 e. The lowest BCUT2D eigenvalue weighted by molar-refractivity contribution is 0.0951. The van der Waals surface area contributed by atoms with Crippen molar-refractivity contribution in [3.63, 3.8) is 0 Å². The molecule has 0 aliphatic rings. The van der Waals surface area contributed by atoms with Gasteiger partial charge in [-0.3, -0.25) is 9.59 Å². The molecule has 0 aliphatic carbocycles. The molecule has 2 heterocycles. The third kappa shape index (κ3) is 2.92. The summed E-state index contributed by atoms with van der Waals surface area (Å²) in [6, 6.07) is 1.83. The minimum Gasteiger partial charge on any atom is -0.346 e. The van der Waals surface area contributed by atoms with Gasteiger partial charge in [-0.2, -0.15) is 0 Å². The fraction of sp³-hybridized carbons (Fsp3) is 0.111. The Hall–Kier alpha value is -0.670. The van der Waals surface area contributed by atoms with Crippen LogP contribution >= 0.6 is 45.3 Å². The number of thiophene rings is 1. The van der Waals surface area contributed by atoms with Crippen molar-refractivity contribution < 1.29 is 4.79 Å². The Kier molecular flexibility index (Phi) is 3.77. The average molecular weight is 366 g/mol. The smallest absolute Gasteiger partial charge is 0.304 e. The Morgan fingerprint density at radius 3 is 2.81 bits per heavy atom. The van der Waals surface area contributed by atoms with Crippen LogP contribution in [0.2, 0.25) is 0 Å². The number of rotatable bonds is 3. The number of amides is 1. The van der Waals surface area contributed by atoms with Gasteiger partial charge in [0.05, 0.1) is 15.0 Å². The molecule has 0 atom stereocenters. The molecule has 7 heteroatoms. The molecular formula is C9H7IN2O2S2. The third-order valence-electron chi connectivity index (χ3n) is 1.84. The van der Waals surface area contributed by atoms with E-state index in [1.54, 1.807) is 5.38 Å². The number of nitrogens with one attached hydrogen (secondary N) is 2. The highest BCUT2D eigenvalue weighted by Gasteiger charge is 2.07. The van der Waals surface area contributed by atoms with Crippen LogP contribution in [0.5, 0.6) is 0 Å². The van der Waals surface area contributed by atoms with Gasteiger partial charge in [0.2, 0.25) is 0 Å². The average Bonchev–Trinajstić information content (AvgIpc) is 2.84. The minimum absolute atomic E-state index is 0.102. The highest BCUT2D eigenvalue weighted by molar-refractivity contribution is 14.1. The summed E-state index contributed by atoms with van der Waals surface area (Å²) in [5.41, 5.74) is 1.39. The molecule has 2 aromatic heterocycles. The number of aromatic amines is 1. The number of carbonyl (C=O) groups is 1. The zero-order valence-electron chi connectivity index (χ0n) is 7.95. The molecule has 0 spiro atoms. The van der Waals surface area contributed by atoms with Crippen LogP contribution in [0.1, 0.15) is 16.1 Å². The molecule has 2 rings (SSSR count). The van der Waals surface area contributed by atoms with Crippen LogP contribution in [-0.2, 0) is 6.54 Å². The summed E-state index contributed by atoms with van der Waals surface area (Å²) in [6.07, 6.45) is 0. The first-order valence-corrected chi connectivity index (χ1v) is 7.18. The molecule has 0 bridgehead atoms. The van der Waals surface area contributed by atoms with Gasteiger partial charge in [-0.05, 0) is 28.7 Å². The third-order valence-corrected chi connectivity index (χ3v) is 4.35. The normalized spacial score (nSPS) is 10.3. The maximum Gasteiger partial charge on any atom is 0.304 e. The van der Waals surface area contributed by atoms with E-state index in [1.807, 2.05) is 11.4 Å². The zero-order chi connectivity index (χ0) is 11.5. The van der Waals surface area contributed by atoms with Crippen LogP contribution in [-0.4, -0.2) is 10.9 Å². The van der Waals surface area contributed by atoms with Crippen LogP contribution in [0.25, 0.3) is 0 Å². The van der Waals surface area contributed by atoms with Crippen molar-refractivity contribution >= 4 is 51.2 Å². The van der Waals surface area contributed by atoms with Gasteiger partial charge in [0.1, 0.15) is 0 Å². The Morgan fingerprint density at radius 1 is 1.44 bits per heavy atom. The Bertz CT molecular complexity index is 558. The summed E-state index contributed by atoms with van der Waals surface area (Å²) in [5.74, 6) is -0.119. The van der Waals surface area contributed by atoms with E-state index >= 15 is 0 Å². The summed E-state index contributed by atoms with van der Waals surface area (Å²) in [6.45, 7) is 0.351. The maximum atomic E-state index is 11.6. The SMILES string of the molecule is O=C(NCc1csc(=O)[nH]1)c1csc(I)c1. The number of aromatic nitrogens is 1. The van der Waals surface area contributed by atoms with Crippen molar-refractivity contribution in [3.05, 3.63) is 40.6 Å². The van der Waals surface area contributed by atoms with E-state index in [0.717, 1.165) is 19.9 Å². The van der Waals surface area contributed by atoms with Crippen molar-refractivity contribution in [1.29, 1.82) is 0 Å². The molecule has 1 amide bonds. The van der Waals surface area contributed by atoms with Gasteiger partial charge in [0.25, 0.3) is 5.91 Å². The van der Waals surface area contributed by atoms with Crippen LogP contribution in [0.4, 0.5) is 0 Å². The lowest BCUT2D eigenvalue weighted by Gasteiger charge is -2.00. The second-order valence-corrected chi connectivity index (χ2v) is 6.64. The van der Waals surface area contributed by atoms with E-state index in [0.29, 0.717) is 12.1 Å². The monoisotopic (exact) mass is 366 g/mol. The molecule has 0 unspecified atom stereocenters. The van der Waals surface area contributed by atoms with Crippen molar-refractivity contribution in [2.45, 2.75) is 6.54 Å². The van der Waals surface area contributed by atoms with Gasteiger partial charge >= 0.3 is 4.87 Å². The van der Waals surface area contributed by atoms with Crippen LogP contribution < -0.4 is 10.2 Å². The van der Waals surface area contributed by atoms with Gasteiger partial charge in [0.15, 0.2) is 0 Å². The molecule has 0 saturated heterocycles. The lowest BCUT2D eigenvalue weighted by Crippen LogP contribution is -2.22. The highest BCUT2D eigenvalue weighted by Crippen LogP contribution is 2.16. The topological polar surface area (TPSA) is 62.0 Å². The molecule has 2 aromatic rings. The first-order valence-electron chi connectivity index (χ1n) is 4.34. The lowest BCUT2D eigenvalue weighted by atomic mass is 10.3. The summed E-state index contributed by atoms with van der Waals surface area (Å²) in [5, 5.41) is 6.26. The highest BCUT2D eigenvalue weighted by atomic mass is 127. The second-order valence-electron chi connectivity index (χ2n) is 3.00. The molecular weight excluding hydrogens is 359 g/mol. The van der Waals surface area contributed by atoms with Gasteiger partial charge in [-0.25, -0.2) is 0 Å². The first kappa shape index (κ1) is 11.8. The minimum atomic E-state index is -0.119. The van der Waals surface area contributed by atoms with Crippen molar-refractivity contribution in [2.24, 2.45) is 0 Å². The molecule has 0 aromatic carbocycles. The van der Waals surface area contributed by atoms with Gasteiger partial charge in [-0.15, -0.1) is 11.3 Å². The van der Waals surface area contributed by atoms with Gasteiger partial charge in [0, 0.05) is 16.5 Å². The van der Waals surface area contributed by atoms with E-state index in [4.69, 9.17) is 0 Å². The Balaban J connectivity index is 1.96. The molecule has 0 radical (unpaired) electrons. The molecule has 16 heavy (non-hydrogen) atoms. The number of thiazole rings is 1. The van der Waals surface area contributed by atoms with Gasteiger partial charge < -0.3 is 10.3 Å². The quantitative estimate of drug-likeness (QED) is 0.817. The number of halogens is 1.